The molecule has 0 radical (unpaired) electrons. The number of Topliss-reactive ketones (excluding diaryl/α,β-unsaturated/α-hetero) is 1. The first-order valence-corrected chi connectivity index (χ1v) is 7.62. The Labute approximate surface area is 140 Å². The Kier molecular flexibility index (Phi) is 6.25. The summed E-state index contributed by atoms with van der Waals surface area (Å²) in [4.78, 5) is 35.5. The lowest BCUT2D eigenvalue weighted by Gasteiger charge is -2.16. The molecule has 0 aliphatic heterocycles. The van der Waals surface area contributed by atoms with Crippen LogP contribution in [0.5, 0.6) is 0 Å². The van der Waals surface area contributed by atoms with E-state index in [1.807, 2.05) is 30.3 Å². The number of ketones is 1. The molecular formula is C19H19NO4. The Balaban J connectivity index is 1.97. The second kappa shape index (κ2) is 8.62. The van der Waals surface area contributed by atoms with Crippen molar-refractivity contribution < 1.29 is 19.1 Å². The van der Waals surface area contributed by atoms with Crippen LogP contribution in [0.3, 0.4) is 0 Å². The predicted octanol–water partition coefficient (Wildman–Crippen LogP) is 2.16. The third kappa shape index (κ3) is 5.35. The molecule has 0 bridgehead atoms. The van der Waals surface area contributed by atoms with Gasteiger partial charge < -0.3 is 10.1 Å². The van der Waals surface area contributed by atoms with Crippen LogP contribution in [0.2, 0.25) is 0 Å². The van der Waals surface area contributed by atoms with Gasteiger partial charge in [-0.1, -0.05) is 60.7 Å². The van der Waals surface area contributed by atoms with Crippen molar-refractivity contribution in [2.75, 3.05) is 6.61 Å². The number of benzene rings is 2. The minimum Gasteiger partial charge on any atom is -0.456 e. The highest BCUT2D eigenvalue weighted by Crippen LogP contribution is 2.06. The van der Waals surface area contributed by atoms with Gasteiger partial charge >= 0.3 is 5.97 Å². The van der Waals surface area contributed by atoms with Crippen LogP contribution >= 0.6 is 0 Å². The Morgan fingerprint density at radius 1 is 0.958 bits per heavy atom. The molecule has 1 N–H and O–H groups in total. The van der Waals surface area contributed by atoms with E-state index >= 15 is 0 Å². The molecule has 0 aliphatic rings. The highest BCUT2D eigenvalue weighted by atomic mass is 16.5. The predicted molar refractivity (Wildman–Crippen MR) is 89.5 cm³/mol. The number of carbonyl (C=O) groups excluding carboxylic acids is 3. The third-order valence-corrected chi connectivity index (χ3v) is 3.39. The van der Waals surface area contributed by atoms with Crippen LogP contribution in [0.15, 0.2) is 60.7 Å². The van der Waals surface area contributed by atoms with Crippen LogP contribution in [0, 0.1) is 0 Å². The van der Waals surface area contributed by atoms with Gasteiger partial charge in [0, 0.05) is 18.9 Å². The molecule has 0 saturated heterocycles. The van der Waals surface area contributed by atoms with Gasteiger partial charge in [0.25, 0.3) is 0 Å². The molecule has 0 fully saturated rings. The van der Waals surface area contributed by atoms with Crippen LogP contribution in [-0.2, 0) is 20.7 Å². The summed E-state index contributed by atoms with van der Waals surface area (Å²) in [6.45, 7) is 0.980. The van der Waals surface area contributed by atoms with Crippen molar-refractivity contribution in [1.29, 1.82) is 0 Å². The van der Waals surface area contributed by atoms with E-state index in [4.69, 9.17) is 4.74 Å². The van der Waals surface area contributed by atoms with Crippen molar-refractivity contribution >= 4 is 17.7 Å². The van der Waals surface area contributed by atoms with Crippen molar-refractivity contribution in [2.45, 2.75) is 19.4 Å². The molecule has 5 nitrogen and oxygen atoms in total. The molecule has 2 rings (SSSR count). The van der Waals surface area contributed by atoms with Crippen LogP contribution in [0.4, 0.5) is 0 Å². The van der Waals surface area contributed by atoms with E-state index in [2.05, 4.69) is 5.32 Å². The first-order valence-electron chi connectivity index (χ1n) is 7.62. The lowest BCUT2D eigenvalue weighted by atomic mass is 10.1. The van der Waals surface area contributed by atoms with Crippen molar-refractivity contribution in [3.05, 3.63) is 71.8 Å². The van der Waals surface area contributed by atoms with E-state index in [9.17, 15) is 14.4 Å². The Bertz CT molecular complexity index is 698. The summed E-state index contributed by atoms with van der Waals surface area (Å²) in [5.74, 6) is -1.24. The molecule has 0 aliphatic carbocycles. The number of amides is 1. The number of esters is 1. The Morgan fingerprint density at radius 3 is 2.12 bits per heavy atom. The summed E-state index contributed by atoms with van der Waals surface area (Å²) >= 11 is 0. The summed E-state index contributed by atoms with van der Waals surface area (Å²) in [6, 6.07) is 17.1. The standard InChI is InChI=1S/C19H19NO4/c1-14(21)20-17(12-15-8-4-2-5-9-15)19(23)24-13-18(22)16-10-6-3-7-11-16/h2-11,17H,12-13H2,1H3,(H,20,21)/t17-/m1/s1. The first-order chi connectivity index (χ1) is 11.6. The second-order valence-corrected chi connectivity index (χ2v) is 5.34. The van der Waals surface area contributed by atoms with Crippen molar-refractivity contribution in [3.8, 4) is 0 Å². The molecule has 0 spiro atoms. The van der Waals surface area contributed by atoms with Crippen molar-refractivity contribution in [2.24, 2.45) is 0 Å². The molecule has 0 heterocycles. The fraction of sp³-hybridized carbons (Fsp3) is 0.211. The summed E-state index contributed by atoms with van der Waals surface area (Å²) < 4.78 is 5.09. The Hall–Kier alpha value is -2.95. The van der Waals surface area contributed by atoms with E-state index in [0.717, 1.165) is 5.56 Å². The van der Waals surface area contributed by atoms with Crippen LogP contribution in [0.1, 0.15) is 22.8 Å². The monoisotopic (exact) mass is 325 g/mol. The summed E-state index contributed by atoms with van der Waals surface area (Å²) in [7, 11) is 0. The molecule has 0 saturated carbocycles. The fourth-order valence-electron chi connectivity index (χ4n) is 2.23. The van der Waals surface area contributed by atoms with E-state index in [-0.39, 0.29) is 18.3 Å². The molecule has 0 unspecified atom stereocenters. The maximum absolute atomic E-state index is 12.2. The second-order valence-electron chi connectivity index (χ2n) is 5.34. The smallest absolute Gasteiger partial charge is 0.329 e. The highest BCUT2D eigenvalue weighted by Gasteiger charge is 2.22. The van der Waals surface area contributed by atoms with Crippen LogP contribution in [0.25, 0.3) is 0 Å². The van der Waals surface area contributed by atoms with Gasteiger partial charge in [0.2, 0.25) is 5.91 Å². The van der Waals surface area contributed by atoms with Crippen molar-refractivity contribution in [1.82, 2.24) is 5.32 Å². The zero-order chi connectivity index (χ0) is 17.4. The topological polar surface area (TPSA) is 72.5 Å². The van der Waals surface area contributed by atoms with Gasteiger partial charge in [0.1, 0.15) is 6.04 Å². The highest BCUT2D eigenvalue weighted by molar-refractivity contribution is 5.98. The van der Waals surface area contributed by atoms with E-state index < -0.39 is 12.0 Å². The molecule has 1 amide bonds. The quantitative estimate of drug-likeness (QED) is 0.625. The van der Waals surface area contributed by atoms with E-state index in [1.165, 1.54) is 6.92 Å². The SMILES string of the molecule is CC(=O)N[C@H](Cc1ccccc1)C(=O)OCC(=O)c1ccccc1. The molecular weight excluding hydrogens is 306 g/mol. The van der Waals surface area contributed by atoms with Crippen LogP contribution < -0.4 is 5.32 Å². The van der Waals surface area contributed by atoms with E-state index in [1.54, 1.807) is 30.3 Å². The van der Waals surface area contributed by atoms with Gasteiger partial charge in [-0.15, -0.1) is 0 Å². The fourth-order valence-corrected chi connectivity index (χ4v) is 2.23. The molecule has 24 heavy (non-hydrogen) atoms. The van der Waals surface area contributed by atoms with E-state index in [0.29, 0.717) is 12.0 Å². The maximum atomic E-state index is 12.2. The minimum absolute atomic E-state index is 0.287. The van der Waals surface area contributed by atoms with Gasteiger partial charge in [-0.2, -0.15) is 0 Å². The average Bonchev–Trinajstić information content (AvgIpc) is 2.60. The van der Waals surface area contributed by atoms with Gasteiger partial charge in [-0.05, 0) is 5.56 Å². The zero-order valence-electron chi connectivity index (χ0n) is 13.4. The molecule has 0 aromatic heterocycles. The van der Waals surface area contributed by atoms with Crippen LogP contribution in [-0.4, -0.2) is 30.3 Å². The normalized spacial score (nSPS) is 11.4. The zero-order valence-corrected chi connectivity index (χ0v) is 13.4. The number of nitrogens with one attached hydrogen (secondary N) is 1. The van der Waals surface area contributed by atoms with Gasteiger partial charge in [-0.25, -0.2) is 4.79 Å². The first kappa shape index (κ1) is 17.4. The minimum atomic E-state index is -0.825. The number of rotatable bonds is 7. The molecule has 2 aromatic carbocycles. The number of hydrogen-bond acceptors (Lipinski definition) is 4. The molecule has 5 heteroatoms. The average molecular weight is 325 g/mol. The lowest BCUT2D eigenvalue weighted by Crippen LogP contribution is -2.42. The Morgan fingerprint density at radius 2 is 1.54 bits per heavy atom. The van der Waals surface area contributed by atoms with Gasteiger partial charge in [0.05, 0.1) is 0 Å². The third-order valence-electron chi connectivity index (χ3n) is 3.39. The maximum Gasteiger partial charge on any atom is 0.329 e. The van der Waals surface area contributed by atoms with Gasteiger partial charge in [-0.3, -0.25) is 9.59 Å². The van der Waals surface area contributed by atoms with Crippen molar-refractivity contribution in [3.63, 3.8) is 0 Å². The molecule has 2 aromatic rings. The summed E-state index contributed by atoms with van der Waals surface area (Å²) in [5.41, 5.74) is 1.37. The number of hydrogen-bond donors (Lipinski definition) is 1. The number of ether oxygens (including phenoxy) is 1. The molecule has 124 valence electrons. The molecule has 1 atom stereocenters. The largest absolute Gasteiger partial charge is 0.456 e. The summed E-state index contributed by atoms with van der Waals surface area (Å²) in [5, 5.41) is 2.57. The summed E-state index contributed by atoms with van der Waals surface area (Å²) in [6.07, 6.45) is 0.304. The lowest BCUT2D eigenvalue weighted by molar-refractivity contribution is -0.146. The van der Waals surface area contributed by atoms with Gasteiger partial charge in [0.15, 0.2) is 12.4 Å². The number of carbonyl (C=O) groups is 3.